The third kappa shape index (κ3) is 8.83. The molecule has 2 aromatic carbocycles. The van der Waals surface area contributed by atoms with Crippen LogP contribution in [-0.4, -0.2) is 4.92 Å². The fraction of sp³-hybridized carbons (Fsp3) is 0.143. The van der Waals surface area contributed by atoms with Crippen LogP contribution < -0.4 is 0 Å². The fourth-order valence-corrected chi connectivity index (χ4v) is 1.85. The topological polar surface area (TPSA) is 43.1 Å². The quantitative estimate of drug-likeness (QED) is 0.275. The van der Waals surface area contributed by atoms with E-state index in [0.717, 1.165) is 16.7 Å². The molecule has 0 radical (unpaired) electrons. The van der Waals surface area contributed by atoms with Crippen LogP contribution in [0.25, 0.3) is 0 Å². The fourth-order valence-electron chi connectivity index (χ4n) is 1.85. The molecule has 0 saturated carbocycles. The average molecular weight is 353 g/mol. The van der Waals surface area contributed by atoms with Crippen LogP contribution in [0.2, 0.25) is 0 Å². The zero-order chi connectivity index (χ0) is 17.7. The molecule has 0 fully saturated rings. The first-order valence-corrected chi connectivity index (χ1v) is 7.98. The molecule has 3 nitrogen and oxygen atoms in total. The number of nitrogens with zero attached hydrogens (tertiary/aromatic N) is 1. The van der Waals surface area contributed by atoms with E-state index in [2.05, 4.69) is 0 Å². The monoisotopic (exact) mass is 353 g/mol. The molecule has 0 aromatic heterocycles. The standard InChI is InChI=1S/C14H13NO2.F5P/c1-11-7-8-14(15(16)17)13(9-11)10-12-5-3-2-4-6-12;1-6(2,3,4)5/h2-9H,10H2,1H3;. The molecule has 23 heavy (non-hydrogen) atoms. The van der Waals surface area contributed by atoms with E-state index in [0.29, 0.717) is 6.42 Å². The first-order valence-electron chi connectivity index (χ1n) is 6.29. The molecule has 0 spiro atoms. The van der Waals surface area contributed by atoms with Gasteiger partial charge in [-0.05, 0) is 18.6 Å². The average Bonchev–Trinajstić information content (AvgIpc) is 2.36. The van der Waals surface area contributed by atoms with Crippen molar-refractivity contribution in [2.45, 2.75) is 13.3 Å². The third-order valence-corrected chi connectivity index (χ3v) is 2.67. The second-order valence-electron chi connectivity index (χ2n) is 4.69. The normalized spacial score (nSPS) is 12.5. The summed E-state index contributed by atoms with van der Waals surface area (Å²) in [4.78, 5) is 10.6. The molecule has 9 heteroatoms. The predicted molar refractivity (Wildman–Crippen MR) is 79.5 cm³/mol. The van der Waals surface area contributed by atoms with E-state index >= 15 is 0 Å². The molecule has 0 aliphatic carbocycles. The van der Waals surface area contributed by atoms with Crippen LogP contribution in [0, 0.1) is 17.0 Å². The van der Waals surface area contributed by atoms with Crippen molar-refractivity contribution in [3.05, 3.63) is 75.3 Å². The Morgan fingerprint density at radius 1 is 1.00 bits per heavy atom. The van der Waals surface area contributed by atoms with Gasteiger partial charge in [0.15, 0.2) is 0 Å². The number of nitro groups is 1. The van der Waals surface area contributed by atoms with Crippen LogP contribution >= 0.6 is 8.16 Å². The molecule has 2 rings (SSSR count). The summed E-state index contributed by atoms with van der Waals surface area (Å²) in [7, 11) is -8.55. The molecule has 0 aliphatic heterocycles. The van der Waals surface area contributed by atoms with Crippen molar-refractivity contribution in [1.29, 1.82) is 0 Å². The van der Waals surface area contributed by atoms with Gasteiger partial charge in [-0.15, -0.1) is 0 Å². The summed E-state index contributed by atoms with van der Waals surface area (Å²) in [6.07, 6.45) is 0.596. The molecule has 0 heterocycles. The van der Waals surface area contributed by atoms with Gasteiger partial charge >= 0.3 is 29.1 Å². The molecular formula is C14H13F5NO2P. The van der Waals surface area contributed by atoms with Gasteiger partial charge in [0, 0.05) is 18.1 Å². The van der Waals surface area contributed by atoms with E-state index in [9.17, 15) is 31.1 Å². The van der Waals surface area contributed by atoms with E-state index in [1.165, 1.54) is 0 Å². The SMILES string of the molecule is Cc1ccc([N+](=O)[O-])c(Cc2ccccc2)c1.FP(F)(F)(F)F. The second-order valence-corrected chi connectivity index (χ2v) is 5.97. The minimum atomic E-state index is -8.55. The summed E-state index contributed by atoms with van der Waals surface area (Å²) in [5.74, 6) is 0. The van der Waals surface area contributed by atoms with Crippen LogP contribution in [0.1, 0.15) is 16.7 Å². The van der Waals surface area contributed by atoms with Crippen LogP contribution in [-0.2, 0) is 6.42 Å². The molecule has 0 bridgehead atoms. The number of hydrogen-bond donors (Lipinski definition) is 0. The van der Waals surface area contributed by atoms with E-state index in [1.807, 2.05) is 43.3 Å². The summed E-state index contributed by atoms with van der Waals surface area (Å²) < 4.78 is 49.2. The van der Waals surface area contributed by atoms with Gasteiger partial charge in [-0.2, -0.15) is 0 Å². The van der Waals surface area contributed by atoms with Gasteiger partial charge in [-0.25, -0.2) is 0 Å². The summed E-state index contributed by atoms with van der Waals surface area (Å²) >= 11 is 0. The van der Waals surface area contributed by atoms with Gasteiger partial charge in [-0.1, -0.05) is 42.0 Å². The molecule has 0 amide bonds. The Labute approximate surface area is 129 Å². The zero-order valence-electron chi connectivity index (χ0n) is 11.9. The predicted octanol–water partition coefficient (Wildman–Crippen LogP) is 6.46. The Hall–Kier alpha value is -2.08. The molecule has 2 aromatic rings. The molecule has 0 aliphatic rings. The first kappa shape index (κ1) is 19.0. The van der Waals surface area contributed by atoms with Crippen LogP contribution in [0.5, 0.6) is 0 Å². The first-order chi connectivity index (χ1) is 10.4. The molecular weight excluding hydrogens is 340 g/mol. The molecule has 0 unspecified atom stereocenters. The van der Waals surface area contributed by atoms with Gasteiger partial charge in [0.05, 0.1) is 4.92 Å². The Balaban J connectivity index is 0.000000379. The molecule has 0 N–H and O–H groups in total. The van der Waals surface area contributed by atoms with Crippen LogP contribution in [0.3, 0.4) is 0 Å². The van der Waals surface area contributed by atoms with E-state index < -0.39 is 8.16 Å². The number of hydrogen-bond acceptors (Lipinski definition) is 2. The van der Waals surface area contributed by atoms with Crippen molar-refractivity contribution in [1.82, 2.24) is 0 Å². The van der Waals surface area contributed by atoms with Crippen molar-refractivity contribution in [3.63, 3.8) is 0 Å². The van der Waals surface area contributed by atoms with Gasteiger partial charge in [-0.3, -0.25) is 10.1 Å². The summed E-state index contributed by atoms with van der Waals surface area (Å²) in [5.41, 5.74) is 3.09. The van der Waals surface area contributed by atoms with Gasteiger partial charge in [0.25, 0.3) is 5.69 Å². The van der Waals surface area contributed by atoms with Gasteiger partial charge in [0.2, 0.25) is 0 Å². The Morgan fingerprint density at radius 3 is 2.00 bits per heavy atom. The molecule has 126 valence electrons. The van der Waals surface area contributed by atoms with Crippen LogP contribution in [0.4, 0.5) is 26.7 Å². The number of aryl methyl sites for hydroxylation is 1. The Bertz CT molecular complexity index is 670. The van der Waals surface area contributed by atoms with Crippen molar-refractivity contribution in [3.8, 4) is 0 Å². The van der Waals surface area contributed by atoms with Crippen molar-refractivity contribution >= 4 is 13.8 Å². The third-order valence-electron chi connectivity index (χ3n) is 2.67. The maximum absolute atomic E-state index is 10.9. The van der Waals surface area contributed by atoms with Gasteiger partial charge < -0.3 is 0 Å². The van der Waals surface area contributed by atoms with Crippen molar-refractivity contribution in [2.24, 2.45) is 0 Å². The van der Waals surface area contributed by atoms with Crippen LogP contribution in [0.15, 0.2) is 48.5 Å². The number of benzene rings is 2. The summed E-state index contributed by atoms with van der Waals surface area (Å²) in [6.45, 7) is 1.94. The van der Waals surface area contributed by atoms with E-state index in [-0.39, 0.29) is 10.6 Å². The summed E-state index contributed by atoms with van der Waals surface area (Å²) in [5, 5.41) is 10.9. The van der Waals surface area contributed by atoms with Crippen molar-refractivity contribution in [2.75, 3.05) is 0 Å². The summed E-state index contributed by atoms with van der Waals surface area (Å²) in [6, 6.07) is 15.0. The maximum atomic E-state index is 10.9. The minimum absolute atomic E-state index is 0.194. The Kier molecular flexibility index (Phi) is 5.77. The second kappa shape index (κ2) is 7.00. The Morgan fingerprint density at radius 2 is 1.52 bits per heavy atom. The van der Waals surface area contributed by atoms with Crippen molar-refractivity contribution < 1.29 is 25.9 Å². The molecule has 0 saturated heterocycles. The number of nitro benzene ring substituents is 1. The van der Waals surface area contributed by atoms with E-state index in [1.54, 1.807) is 12.1 Å². The zero-order valence-corrected chi connectivity index (χ0v) is 12.8. The molecule has 0 atom stereocenters. The number of halogens is 5. The van der Waals surface area contributed by atoms with E-state index in [4.69, 9.17) is 0 Å². The number of rotatable bonds is 3. The van der Waals surface area contributed by atoms with Gasteiger partial charge in [0.1, 0.15) is 0 Å².